The van der Waals surface area contributed by atoms with Crippen LogP contribution in [0.25, 0.3) is 0 Å². The fourth-order valence-corrected chi connectivity index (χ4v) is 11.4. The first-order valence-electron chi connectivity index (χ1n) is 9.21. The van der Waals surface area contributed by atoms with Crippen LogP contribution in [0, 0.1) is 69.5 Å². The molecule has 0 radical (unpaired) electrons. The molecule has 0 heterocycles. The third-order valence-corrected chi connectivity index (χ3v) is 11.7. The molecule has 10 bridgehead atoms. The number of rotatable bonds is 0. The highest BCUT2D eigenvalue weighted by Crippen LogP contribution is 2.98. The summed E-state index contributed by atoms with van der Waals surface area (Å²) < 4.78 is 0. The molecule has 0 amide bonds. The van der Waals surface area contributed by atoms with E-state index >= 15 is 0 Å². The highest BCUT2D eigenvalue weighted by Gasteiger charge is 2.92. The second-order valence-electron chi connectivity index (χ2n) is 10.6. The molecule has 9 saturated carbocycles. The molecule has 0 aromatic carbocycles. The van der Waals surface area contributed by atoms with Crippen molar-refractivity contribution in [1.29, 1.82) is 0 Å². The first-order chi connectivity index (χ1) is 9.21. The summed E-state index contributed by atoms with van der Waals surface area (Å²) in [5.41, 5.74) is 2.75. The van der Waals surface area contributed by atoms with E-state index in [4.69, 9.17) is 0 Å². The summed E-state index contributed by atoms with van der Waals surface area (Å²) >= 11 is 0. The Hall–Kier alpha value is 0. The predicted octanol–water partition coefficient (Wildman–Crippen LogP) is 3.96. The number of hydrogen-bond donors (Lipinski definition) is 0. The third-order valence-electron chi connectivity index (χ3n) is 11.7. The molecule has 12 atom stereocenters. The van der Waals surface area contributed by atoms with Crippen LogP contribution >= 0.6 is 0 Å². The van der Waals surface area contributed by atoms with Gasteiger partial charge in [0.2, 0.25) is 0 Å². The summed E-state index contributed by atoms with van der Waals surface area (Å²) in [6, 6.07) is 0. The summed E-state index contributed by atoms with van der Waals surface area (Å²) in [5.74, 6) is 11.0. The molecule has 0 heteroatoms. The second kappa shape index (κ2) is 2.00. The average molecular weight is 252 g/mol. The smallest absolute Gasteiger partial charge is 0.0198 e. The predicted molar refractivity (Wildman–Crippen MR) is 72.1 cm³/mol. The van der Waals surface area contributed by atoms with Crippen molar-refractivity contribution in [2.45, 2.75) is 45.4 Å². The lowest BCUT2D eigenvalue weighted by Gasteiger charge is -2.92. The third kappa shape index (κ3) is 0.511. The van der Waals surface area contributed by atoms with Crippen LogP contribution in [0.4, 0.5) is 0 Å². The van der Waals surface area contributed by atoms with Gasteiger partial charge in [-0.1, -0.05) is 6.92 Å². The molecule has 100 valence electrons. The summed E-state index contributed by atoms with van der Waals surface area (Å²) in [5, 5.41) is 0. The molecule has 9 rings (SSSR count). The molecule has 0 nitrogen and oxygen atoms in total. The van der Waals surface area contributed by atoms with E-state index in [-0.39, 0.29) is 0 Å². The normalized spacial score (nSPS) is 89.2. The van der Waals surface area contributed by atoms with Gasteiger partial charge in [0.15, 0.2) is 0 Å². The van der Waals surface area contributed by atoms with Crippen LogP contribution in [0.1, 0.15) is 45.4 Å². The molecule has 19 heavy (non-hydrogen) atoms. The van der Waals surface area contributed by atoms with Crippen molar-refractivity contribution in [3.8, 4) is 0 Å². The largest absolute Gasteiger partial charge is 0.0588 e. The van der Waals surface area contributed by atoms with Crippen LogP contribution in [-0.2, 0) is 0 Å². The van der Waals surface area contributed by atoms with Crippen LogP contribution in [-0.4, -0.2) is 0 Å². The highest BCUT2D eigenvalue weighted by atomic mass is 15.0. The zero-order valence-electron chi connectivity index (χ0n) is 11.9. The first-order valence-corrected chi connectivity index (χ1v) is 9.21. The van der Waals surface area contributed by atoms with E-state index in [2.05, 4.69) is 6.92 Å². The lowest BCUT2D eigenvalue weighted by atomic mass is 9.12. The van der Waals surface area contributed by atoms with Crippen LogP contribution in [0.15, 0.2) is 0 Å². The molecule has 1 spiro atoms. The molecule has 0 aliphatic heterocycles. The van der Waals surface area contributed by atoms with E-state index in [1.165, 1.54) is 53.3 Å². The van der Waals surface area contributed by atoms with Gasteiger partial charge in [0.25, 0.3) is 0 Å². The highest BCUT2D eigenvalue weighted by molar-refractivity contribution is 5.40. The van der Waals surface area contributed by atoms with Gasteiger partial charge >= 0.3 is 0 Å². The Morgan fingerprint density at radius 1 is 0.737 bits per heavy atom. The van der Waals surface area contributed by atoms with Crippen LogP contribution in [0.3, 0.4) is 0 Å². The maximum atomic E-state index is 2.77. The molecule has 12 unspecified atom stereocenters. The van der Waals surface area contributed by atoms with Crippen molar-refractivity contribution >= 4 is 0 Å². The lowest BCUT2D eigenvalue weighted by molar-refractivity contribution is -0.450. The Morgan fingerprint density at radius 3 is 2.53 bits per heavy atom. The minimum atomic E-state index is 0.840. The average Bonchev–Trinajstić information content (AvgIpc) is 2.70. The van der Waals surface area contributed by atoms with E-state index in [0.29, 0.717) is 0 Å². The van der Waals surface area contributed by atoms with E-state index in [1.807, 2.05) is 0 Å². The van der Waals surface area contributed by atoms with E-state index < -0.39 is 0 Å². The molecular weight excluding hydrogens is 228 g/mol. The van der Waals surface area contributed by atoms with Crippen molar-refractivity contribution in [2.75, 3.05) is 0 Å². The van der Waals surface area contributed by atoms with Gasteiger partial charge in [-0.25, -0.2) is 0 Å². The maximum absolute atomic E-state index is 2.77. The van der Waals surface area contributed by atoms with Crippen molar-refractivity contribution < 1.29 is 0 Å². The van der Waals surface area contributed by atoms with Crippen molar-refractivity contribution in [1.82, 2.24) is 0 Å². The fraction of sp³-hybridized carbons (Fsp3) is 1.00. The lowest BCUT2D eigenvalue weighted by Crippen LogP contribution is -2.87. The van der Waals surface area contributed by atoms with Gasteiger partial charge in [0, 0.05) is 0 Å². The standard InChI is InChI=1S/C19H24/c1-17-8-2-11(17)15-12(3-8)19-7-14(16(15)19)18-5-9(17)4-10(18)13(19)6-18/h8-16H,2-7H2,1H3. The van der Waals surface area contributed by atoms with Crippen molar-refractivity contribution in [3.63, 3.8) is 0 Å². The van der Waals surface area contributed by atoms with Gasteiger partial charge < -0.3 is 0 Å². The SMILES string of the molecule is CC12C3CC1C1C(C3)C34CC(C13)C13CC2CC1C4C3. The quantitative estimate of drug-likeness (QED) is 0.612. The molecule has 0 aromatic heterocycles. The Morgan fingerprint density at radius 2 is 1.58 bits per heavy atom. The van der Waals surface area contributed by atoms with Crippen molar-refractivity contribution in [3.05, 3.63) is 0 Å². The van der Waals surface area contributed by atoms with Gasteiger partial charge in [-0.15, -0.1) is 0 Å². The Balaban J connectivity index is 1.49. The summed E-state index contributed by atoms with van der Waals surface area (Å²) in [4.78, 5) is 0. The number of hydrogen-bond acceptors (Lipinski definition) is 0. The van der Waals surface area contributed by atoms with Gasteiger partial charge in [-0.2, -0.15) is 0 Å². The Bertz CT molecular complexity index is 573. The van der Waals surface area contributed by atoms with E-state index in [0.717, 1.165) is 16.2 Å². The summed E-state index contributed by atoms with van der Waals surface area (Å²) in [6.07, 6.45) is 10.2. The molecule has 9 fully saturated rings. The second-order valence-corrected chi connectivity index (χ2v) is 10.6. The fourth-order valence-electron chi connectivity index (χ4n) is 11.4. The van der Waals surface area contributed by atoms with Gasteiger partial charge in [-0.05, 0) is 108 Å². The Labute approximate surface area is 115 Å². The summed E-state index contributed by atoms with van der Waals surface area (Å²) in [7, 11) is 0. The Kier molecular flexibility index (Phi) is 0.959. The van der Waals surface area contributed by atoms with Gasteiger partial charge in [0.1, 0.15) is 0 Å². The maximum Gasteiger partial charge on any atom is -0.0198 e. The van der Waals surface area contributed by atoms with Crippen LogP contribution in [0.2, 0.25) is 0 Å². The molecule has 0 N–H and O–H groups in total. The molecule has 9 aliphatic carbocycles. The van der Waals surface area contributed by atoms with Gasteiger partial charge in [-0.3, -0.25) is 0 Å². The topological polar surface area (TPSA) is 0 Å². The zero-order valence-corrected chi connectivity index (χ0v) is 11.9. The minimum absolute atomic E-state index is 0.840. The molecule has 0 saturated heterocycles. The van der Waals surface area contributed by atoms with Crippen LogP contribution < -0.4 is 0 Å². The molecular formula is C19H24. The monoisotopic (exact) mass is 252 g/mol. The van der Waals surface area contributed by atoms with E-state index in [1.54, 1.807) is 38.5 Å². The first kappa shape index (κ1) is 9.11. The minimum Gasteiger partial charge on any atom is -0.0588 e. The molecule has 0 aromatic rings. The number of fused-ring (bicyclic) bond motifs is 1. The van der Waals surface area contributed by atoms with Crippen molar-refractivity contribution in [2.24, 2.45) is 69.5 Å². The zero-order chi connectivity index (χ0) is 11.9. The van der Waals surface area contributed by atoms with E-state index in [9.17, 15) is 0 Å². The summed E-state index contributed by atoms with van der Waals surface area (Å²) in [6.45, 7) is 2.77. The molecule has 9 aliphatic rings. The van der Waals surface area contributed by atoms with Crippen LogP contribution in [0.5, 0.6) is 0 Å². The van der Waals surface area contributed by atoms with Gasteiger partial charge in [0.05, 0.1) is 0 Å².